The van der Waals surface area contributed by atoms with Gasteiger partial charge in [-0.2, -0.15) is 0 Å². The molecule has 3 aromatic rings. The molecule has 0 heterocycles. The van der Waals surface area contributed by atoms with Crippen LogP contribution < -0.4 is 4.65 Å². The highest BCUT2D eigenvalue weighted by Crippen LogP contribution is 2.38. The van der Waals surface area contributed by atoms with E-state index in [9.17, 15) is 0 Å². The summed E-state index contributed by atoms with van der Waals surface area (Å²) in [5.41, 5.74) is 4.20. The molecule has 0 fully saturated rings. The third-order valence-corrected chi connectivity index (χ3v) is 3.35. The molecule has 0 atom stereocenters. The average molecular weight is 273 g/mol. The fraction of sp³-hybridized carbons (Fsp3) is 0. The normalized spacial score (nSPS) is 10.1. The van der Waals surface area contributed by atoms with Crippen LogP contribution in [0.25, 0.3) is 22.3 Å². The summed E-state index contributed by atoms with van der Waals surface area (Å²) in [6.45, 7) is 0. The van der Waals surface area contributed by atoms with Crippen molar-refractivity contribution in [1.82, 2.24) is 0 Å². The Morgan fingerprint density at radius 2 is 1.29 bits per heavy atom. The minimum Gasteiger partial charge on any atom is -0.537 e. The van der Waals surface area contributed by atoms with Crippen LogP contribution in [0.5, 0.6) is 5.75 Å². The molecule has 3 heteroatoms. The van der Waals surface area contributed by atoms with Gasteiger partial charge < -0.3 is 9.68 Å². The summed E-state index contributed by atoms with van der Waals surface area (Å²) in [6, 6.07) is 26.0. The van der Waals surface area contributed by atoms with E-state index in [1.54, 1.807) is 0 Å². The van der Waals surface area contributed by atoms with Gasteiger partial charge in [-0.1, -0.05) is 72.8 Å². The molecule has 21 heavy (non-hydrogen) atoms. The largest absolute Gasteiger partial charge is 0.569 e. The summed E-state index contributed by atoms with van der Waals surface area (Å²) in [7, 11) is 0.719. The van der Waals surface area contributed by atoms with Gasteiger partial charge in [0.2, 0.25) is 0 Å². The maximum Gasteiger partial charge on any atom is 0.569 e. The molecule has 0 aliphatic heterocycles. The molecule has 0 aliphatic carbocycles. The predicted molar refractivity (Wildman–Crippen MR) is 85.9 cm³/mol. The smallest absolute Gasteiger partial charge is 0.537 e. The molecule has 0 unspecified atom stereocenters. The first-order valence-electron chi connectivity index (χ1n) is 6.76. The van der Waals surface area contributed by atoms with Gasteiger partial charge in [0.1, 0.15) is 5.75 Å². The highest BCUT2D eigenvalue weighted by Gasteiger charge is 2.13. The first kappa shape index (κ1) is 13.5. The fourth-order valence-corrected chi connectivity index (χ4v) is 2.45. The van der Waals surface area contributed by atoms with Crippen LogP contribution in [0.15, 0.2) is 78.9 Å². The zero-order valence-electron chi connectivity index (χ0n) is 11.4. The van der Waals surface area contributed by atoms with Gasteiger partial charge in [0.05, 0.1) is 0 Å². The van der Waals surface area contributed by atoms with Gasteiger partial charge >= 0.3 is 7.69 Å². The van der Waals surface area contributed by atoms with Crippen LogP contribution in [0.3, 0.4) is 0 Å². The first-order valence-corrected chi connectivity index (χ1v) is 6.76. The Kier molecular flexibility index (Phi) is 4.03. The molecule has 1 radical (unpaired) electrons. The average Bonchev–Trinajstić information content (AvgIpc) is 2.56. The lowest BCUT2D eigenvalue weighted by molar-refractivity contribution is 0.455. The Morgan fingerprint density at radius 3 is 1.90 bits per heavy atom. The van der Waals surface area contributed by atoms with E-state index in [1.807, 2.05) is 60.7 Å². The molecule has 101 valence electrons. The molecular formula is C18H14BO2. The lowest BCUT2D eigenvalue weighted by Gasteiger charge is -2.15. The predicted octanol–water partition coefficient (Wildman–Crippen LogP) is 3.93. The van der Waals surface area contributed by atoms with E-state index in [4.69, 9.17) is 9.68 Å². The van der Waals surface area contributed by atoms with E-state index in [1.165, 1.54) is 0 Å². The number of hydrogen-bond donors (Lipinski definition) is 1. The molecule has 0 aromatic heterocycles. The highest BCUT2D eigenvalue weighted by molar-refractivity contribution is 6.17. The van der Waals surface area contributed by atoms with E-state index < -0.39 is 0 Å². The second kappa shape index (κ2) is 6.29. The molecule has 3 aromatic carbocycles. The van der Waals surface area contributed by atoms with Crippen molar-refractivity contribution in [3.8, 4) is 28.0 Å². The lowest BCUT2D eigenvalue weighted by Crippen LogP contribution is -2.02. The Bertz CT molecular complexity index is 712. The zero-order valence-corrected chi connectivity index (χ0v) is 11.4. The van der Waals surface area contributed by atoms with E-state index in [-0.39, 0.29) is 0 Å². The molecule has 1 N–H and O–H groups in total. The van der Waals surface area contributed by atoms with Crippen LogP contribution >= 0.6 is 0 Å². The molecule has 0 spiro atoms. The fourth-order valence-electron chi connectivity index (χ4n) is 2.45. The van der Waals surface area contributed by atoms with E-state index >= 15 is 0 Å². The minimum absolute atomic E-state index is 0.630. The zero-order chi connectivity index (χ0) is 14.5. The standard InChI is InChI=1S/C18H14BO2/c20-19-21-17-13-7-12-16(14-8-3-1-4-9-14)18(17)15-10-5-2-6-11-15/h1-13,20H. The SMILES string of the molecule is O[B]Oc1cccc(-c2ccccc2)c1-c1ccccc1. The van der Waals surface area contributed by atoms with Crippen molar-refractivity contribution in [1.29, 1.82) is 0 Å². The Labute approximate surface area is 125 Å². The Morgan fingerprint density at radius 1 is 0.667 bits per heavy atom. The van der Waals surface area contributed by atoms with Gasteiger partial charge in [-0.15, -0.1) is 0 Å². The van der Waals surface area contributed by atoms with Crippen LogP contribution in [-0.2, 0) is 0 Å². The lowest BCUT2D eigenvalue weighted by atomic mass is 9.93. The van der Waals surface area contributed by atoms with Crippen molar-refractivity contribution in [2.45, 2.75) is 0 Å². The van der Waals surface area contributed by atoms with Crippen LogP contribution in [0.4, 0.5) is 0 Å². The van der Waals surface area contributed by atoms with Crippen molar-refractivity contribution < 1.29 is 9.68 Å². The summed E-state index contributed by atoms with van der Waals surface area (Å²) in [4.78, 5) is 0. The van der Waals surface area contributed by atoms with Crippen LogP contribution in [0, 0.1) is 0 Å². The van der Waals surface area contributed by atoms with Gasteiger partial charge in [0.15, 0.2) is 0 Å². The van der Waals surface area contributed by atoms with Crippen LogP contribution in [0.2, 0.25) is 0 Å². The summed E-state index contributed by atoms with van der Waals surface area (Å²) >= 11 is 0. The molecule has 0 amide bonds. The topological polar surface area (TPSA) is 29.5 Å². The van der Waals surface area contributed by atoms with Crippen molar-refractivity contribution in [3.63, 3.8) is 0 Å². The number of rotatable bonds is 4. The maximum atomic E-state index is 9.01. The van der Waals surface area contributed by atoms with Gasteiger partial charge in [-0.05, 0) is 22.8 Å². The van der Waals surface area contributed by atoms with Crippen LogP contribution in [0.1, 0.15) is 0 Å². The molecule has 0 bridgehead atoms. The third-order valence-electron chi connectivity index (χ3n) is 3.35. The number of hydrogen-bond acceptors (Lipinski definition) is 2. The third kappa shape index (κ3) is 2.83. The molecular weight excluding hydrogens is 259 g/mol. The first-order chi connectivity index (χ1) is 10.4. The van der Waals surface area contributed by atoms with Crippen molar-refractivity contribution in [2.24, 2.45) is 0 Å². The highest BCUT2D eigenvalue weighted by atomic mass is 16.5. The molecule has 0 saturated heterocycles. The summed E-state index contributed by atoms with van der Waals surface area (Å²) in [6.07, 6.45) is 0. The molecule has 0 saturated carbocycles. The quantitative estimate of drug-likeness (QED) is 0.730. The second-order valence-electron chi connectivity index (χ2n) is 4.63. The molecule has 2 nitrogen and oxygen atoms in total. The van der Waals surface area contributed by atoms with Gasteiger partial charge in [-0.25, -0.2) is 0 Å². The summed E-state index contributed by atoms with van der Waals surface area (Å²) in [5, 5.41) is 9.01. The van der Waals surface area contributed by atoms with E-state index in [0.717, 1.165) is 29.9 Å². The van der Waals surface area contributed by atoms with Crippen molar-refractivity contribution in [2.75, 3.05) is 0 Å². The van der Waals surface area contributed by atoms with Gasteiger partial charge in [-0.3, -0.25) is 0 Å². The molecule has 0 aliphatic rings. The van der Waals surface area contributed by atoms with Crippen LogP contribution in [-0.4, -0.2) is 12.7 Å². The van der Waals surface area contributed by atoms with Gasteiger partial charge in [0, 0.05) is 5.56 Å². The Hall–Kier alpha value is -2.52. The Balaban J connectivity index is 2.23. The maximum absolute atomic E-state index is 9.01. The van der Waals surface area contributed by atoms with E-state index in [2.05, 4.69) is 18.2 Å². The monoisotopic (exact) mass is 273 g/mol. The van der Waals surface area contributed by atoms with Gasteiger partial charge in [0.25, 0.3) is 0 Å². The van der Waals surface area contributed by atoms with E-state index in [0.29, 0.717) is 5.75 Å². The van der Waals surface area contributed by atoms with Crippen molar-refractivity contribution in [3.05, 3.63) is 78.9 Å². The number of benzene rings is 3. The summed E-state index contributed by atoms with van der Waals surface area (Å²) < 4.78 is 5.28. The second-order valence-corrected chi connectivity index (χ2v) is 4.63. The van der Waals surface area contributed by atoms with Crippen molar-refractivity contribution >= 4 is 7.69 Å². The summed E-state index contributed by atoms with van der Waals surface area (Å²) in [5.74, 6) is 0.630. The molecule has 3 rings (SSSR count). The minimum atomic E-state index is 0.630.